The zero-order valence-electron chi connectivity index (χ0n) is 17.2. The van der Waals surface area contributed by atoms with Crippen LogP contribution in [0.2, 0.25) is 0 Å². The summed E-state index contributed by atoms with van der Waals surface area (Å²) >= 11 is 0. The molecule has 0 aromatic carbocycles. The van der Waals surface area contributed by atoms with Crippen molar-refractivity contribution in [3.05, 3.63) is 36.5 Å². The summed E-state index contributed by atoms with van der Waals surface area (Å²) in [5.74, 6) is 4.12. The lowest BCUT2D eigenvalue weighted by molar-refractivity contribution is -0.173. The van der Waals surface area contributed by atoms with Crippen LogP contribution in [0.15, 0.2) is 41.6 Å². The summed E-state index contributed by atoms with van der Waals surface area (Å²) in [6.07, 6.45) is 15.9. The Morgan fingerprint density at radius 2 is 2.24 bits per heavy atom. The summed E-state index contributed by atoms with van der Waals surface area (Å²) in [5.41, 5.74) is 2.07. The van der Waals surface area contributed by atoms with Crippen LogP contribution < -0.4 is 0 Å². The molecule has 4 fully saturated rings. The molecule has 4 nitrogen and oxygen atoms in total. The number of carbonyl (C=O) groups is 1. The summed E-state index contributed by atoms with van der Waals surface area (Å²) < 4.78 is 6.18. The Bertz CT molecular complexity index is 871. The lowest BCUT2D eigenvalue weighted by Gasteiger charge is -2.59. The van der Waals surface area contributed by atoms with Crippen LogP contribution >= 0.6 is 0 Å². The summed E-state index contributed by atoms with van der Waals surface area (Å²) in [4.78, 5) is 12.2. The molecule has 6 aliphatic rings. The number of allylic oxidation sites excluding steroid dienone is 3. The molecule has 4 saturated carbocycles. The van der Waals surface area contributed by atoms with Gasteiger partial charge in [0.25, 0.3) is 0 Å². The van der Waals surface area contributed by atoms with Crippen molar-refractivity contribution in [2.45, 2.75) is 57.5 Å². The highest BCUT2D eigenvalue weighted by atomic mass is 16.6. The molecule has 0 bridgehead atoms. The summed E-state index contributed by atoms with van der Waals surface area (Å²) in [6.45, 7) is 6.57. The summed E-state index contributed by atoms with van der Waals surface area (Å²) in [5, 5.41) is 12.8. The van der Waals surface area contributed by atoms with Crippen molar-refractivity contribution in [3.63, 3.8) is 0 Å². The van der Waals surface area contributed by atoms with Gasteiger partial charge in [0, 0.05) is 17.4 Å². The van der Waals surface area contributed by atoms with Crippen LogP contribution in [0.25, 0.3) is 0 Å². The van der Waals surface area contributed by atoms with Crippen LogP contribution in [-0.4, -0.2) is 22.5 Å². The van der Waals surface area contributed by atoms with Crippen LogP contribution in [0.5, 0.6) is 0 Å². The molecular formula is C25H31NO3. The molecule has 0 amide bonds. The van der Waals surface area contributed by atoms with Crippen LogP contribution in [-0.2, 0) is 9.53 Å². The molecule has 29 heavy (non-hydrogen) atoms. The lowest BCUT2D eigenvalue weighted by atomic mass is 9.46. The standard InChI is InChI=1S/C25H31NO3/c1-3-14-11-15-12-16(26-28)5-6-17(15)18-7-9-24(4-2)23(22(14)18)19-13-20(19)25(24)10-8-21(27)29-25/h3,8,10,12,14,17-20,22-23,28H,1,4-7,9,11,13H2,2H3/b26-16+/t14?,17-,18?,19?,20?,22?,23?,24-,25-/m0/s1. The van der Waals surface area contributed by atoms with E-state index >= 15 is 0 Å². The maximum absolute atomic E-state index is 12.2. The van der Waals surface area contributed by atoms with Crippen LogP contribution in [0.1, 0.15) is 51.9 Å². The molecule has 6 rings (SSSR count). The summed E-state index contributed by atoms with van der Waals surface area (Å²) in [6, 6.07) is 0. The number of esters is 1. The fourth-order valence-corrected chi connectivity index (χ4v) is 8.99. The number of nitrogens with zero attached hydrogens (tertiary/aromatic N) is 1. The minimum absolute atomic E-state index is 0.0965. The Hall–Kier alpha value is -1.84. The molecule has 154 valence electrons. The van der Waals surface area contributed by atoms with E-state index in [4.69, 9.17) is 4.74 Å². The number of oxime groups is 1. The molecule has 0 aromatic heterocycles. The van der Waals surface area contributed by atoms with Gasteiger partial charge in [0.05, 0.1) is 5.71 Å². The van der Waals surface area contributed by atoms with Crippen molar-refractivity contribution >= 4 is 11.7 Å². The molecule has 1 spiro atoms. The number of rotatable bonds is 2. The van der Waals surface area contributed by atoms with Gasteiger partial charge in [-0.15, -0.1) is 6.58 Å². The second-order valence-electron chi connectivity index (χ2n) is 10.4. The van der Waals surface area contributed by atoms with Gasteiger partial charge >= 0.3 is 5.97 Å². The normalized spacial score (nSPS) is 53.0. The van der Waals surface area contributed by atoms with E-state index in [2.05, 4.69) is 36.9 Å². The van der Waals surface area contributed by atoms with Gasteiger partial charge in [-0.3, -0.25) is 0 Å². The van der Waals surface area contributed by atoms with E-state index in [1.54, 1.807) is 6.08 Å². The smallest absolute Gasteiger partial charge is 0.331 e. The largest absolute Gasteiger partial charge is 0.451 e. The van der Waals surface area contributed by atoms with E-state index in [1.165, 1.54) is 18.4 Å². The van der Waals surface area contributed by atoms with Gasteiger partial charge in [0.2, 0.25) is 0 Å². The second-order valence-corrected chi connectivity index (χ2v) is 10.4. The molecule has 0 aromatic rings. The highest BCUT2D eigenvalue weighted by Crippen LogP contribution is 2.79. The summed E-state index contributed by atoms with van der Waals surface area (Å²) in [7, 11) is 0. The number of fused-ring (bicyclic) bond motifs is 9. The Morgan fingerprint density at radius 1 is 1.38 bits per heavy atom. The SMILES string of the molecule is C=CC1CC2=C/C(=N/O)CC[C@@H]2C2CC[C@@]3(CC)C(C4CC4[C@@]34C=CC(=O)O4)C12. The molecule has 4 heteroatoms. The van der Waals surface area contributed by atoms with Gasteiger partial charge in [-0.2, -0.15) is 0 Å². The van der Waals surface area contributed by atoms with Gasteiger partial charge in [-0.25, -0.2) is 4.79 Å². The first-order valence-corrected chi connectivity index (χ1v) is 11.5. The molecule has 5 aliphatic carbocycles. The molecule has 1 aliphatic heterocycles. The van der Waals surface area contributed by atoms with E-state index < -0.39 is 0 Å². The van der Waals surface area contributed by atoms with Crippen molar-refractivity contribution in [2.75, 3.05) is 0 Å². The Balaban J connectivity index is 1.43. The van der Waals surface area contributed by atoms with E-state index in [1.807, 2.05) is 0 Å². The Kier molecular flexibility index (Phi) is 3.63. The third kappa shape index (κ3) is 2.06. The predicted octanol–water partition coefficient (Wildman–Crippen LogP) is 4.90. The number of hydrogen-bond acceptors (Lipinski definition) is 4. The van der Waals surface area contributed by atoms with Crippen molar-refractivity contribution < 1.29 is 14.7 Å². The van der Waals surface area contributed by atoms with E-state index in [9.17, 15) is 10.0 Å². The van der Waals surface area contributed by atoms with Crippen LogP contribution in [0, 0.1) is 46.8 Å². The van der Waals surface area contributed by atoms with Gasteiger partial charge in [0.1, 0.15) is 5.60 Å². The Morgan fingerprint density at radius 3 is 2.93 bits per heavy atom. The topological polar surface area (TPSA) is 58.9 Å². The van der Waals surface area contributed by atoms with E-state index in [0.29, 0.717) is 41.4 Å². The van der Waals surface area contributed by atoms with Crippen LogP contribution in [0.3, 0.4) is 0 Å². The second kappa shape index (κ2) is 5.86. The zero-order chi connectivity index (χ0) is 20.0. The minimum atomic E-state index is -0.343. The molecule has 0 radical (unpaired) electrons. The fourth-order valence-electron chi connectivity index (χ4n) is 8.99. The average molecular weight is 394 g/mol. The van der Waals surface area contributed by atoms with Crippen molar-refractivity contribution in [2.24, 2.45) is 52.0 Å². The van der Waals surface area contributed by atoms with Gasteiger partial charge in [-0.05, 0) is 92.6 Å². The molecule has 9 atom stereocenters. The molecule has 1 heterocycles. The van der Waals surface area contributed by atoms with Crippen molar-refractivity contribution in [1.82, 2.24) is 0 Å². The minimum Gasteiger partial charge on any atom is -0.451 e. The third-order valence-corrected chi connectivity index (χ3v) is 9.92. The van der Waals surface area contributed by atoms with E-state index in [0.717, 1.165) is 37.8 Å². The Labute approximate surface area is 172 Å². The van der Waals surface area contributed by atoms with Crippen molar-refractivity contribution in [1.29, 1.82) is 0 Å². The zero-order valence-corrected chi connectivity index (χ0v) is 17.2. The molecule has 0 saturated heterocycles. The third-order valence-electron chi connectivity index (χ3n) is 9.92. The maximum Gasteiger partial charge on any atom is 0.331 e. The van der Waals surface area contributed by atoms with Gasteiger partial charge in [0.15, 0.2) is 0 Å². The van der Waals surface area contributed by atoms with Gasteiger partial charge < -0.3 is 9.94 Å². The highest BCUT2D eigenvalue weighted by molar-refractivity contribution is 5.96. The maximum atomic E-state index is 12.2. The van der Waals surface area contributed by atoms with E-state index in [-0.39, 0.29) is 17.0 Å². The highest BCUT2D eigenvalue weighted by Gasteiger charge is 2.79. The monoisotopic (exact) mass is 393 g/mol. The first-order chi connectivity index (χ1) is 14.1. The van der Waals surface area contributed by atoms with Crippen molar-refractivity contribution in [3.8, 4) is 0 Å². The predicted molar refractivity (Wildman–Crippen MR) is 110 cm³/mol. The first-order valence-electron chi connectivity index (χ1n) is 11.5. The fraction of sp³-hybridized carbons (Fsp3) is 0.680. The number of hydrogen-bond donors (Lipinski definition) is 1. The van der Waals surface area contributed by atoms with Gasteiger partial charge in [-0.1, -0.05) is 23.7 Å². The number of carbonyl (C=O) groups excluding carboxylic acids is 1. The lowest BCUT2D eigenvalue weighted by Crippen LogP contribution is -2.57. The average Bonchev–Trinajstić information content (AvgIpc) is 3.40. The quantitative estimate of drug-likeness (QED) is 0.314. The first kappa shape index (κ1) is 18.0. The number of ether oxygens (including phenoxy) is 1. The van der Waals surface area contributed by atoms with Crippen LogP contribution in [0.4, 0.5) is 0 Å². The molecule has 6 unspecified atom stereocenters. The molecular weight excluding hydrogens is 362 g/mol. The molecule has 1 N–H and O–H groups in total.